The molecule has 1 heterocycles. The summed E-state index contributed by atoms with van der Waals surface area (Å²) >= 11 is 0. The molecule has 0 amide bonds. The summed E-state index contributed by atoms with van der Waals surface area (Å²) < 4.78 is 5.23. The Morgan fingerprint density at radius 3 is 2.88 bits per heavy atom. The summed E-state index contributed by atoms with van der Waals surface area (Å²) in [7, 11) is 0. The van der Waals surface area contributed by atoms with E-state index in [4.69, 9.17) is 14.8 Å². The van der Waals surface area contributed by atoms with E-state index in [0.717, 1.165) is 5.39 Å². The number of hydrogen-bond donors (Lipinski definition) is 1. The third-order valence-electron chi connectivity index (χ3n) is 2.16. The Balaban J connectivity index is 2.57. The van der Waals surface area contributed by atoms with Crippen molar-refractivity contribution in [2.45, 2.75) is 0 Å². The molecule has 16 heavy (non-hydrogen) atoms. The molecule has 1 aromatic heterocycles. The molecule has 0 fully saturated rings. The highest BCUT2D eigenvalue weighted by molar-refractivity contribution is 5.99. The molecule has 4 nitrogen and oxygen atoms in total. The van der Waals surface area contributed by atoms with Crippen molar-refractivity contribution in [3.05, 3.63) is 41.7 Å². The normalized spacial score (nSPS) is 11.3. The first kappa shape index (κ1) is 9.99. The average molecular weight is 213 g/mol. The number of para-hydroxylation sites is 1. The van der Waals surface area contributed by atoms with Gasteiger partial charge in [0.05, 0.1) is 6.26 Å². The molecule has 2 aromatic rings. The lowest BCUT2D eigenvalue weighted by Gasteiger charge is -1.90. The van der Waals surface area contributed by atoms with Crippen LogP contribution < -0.4 is 0 Å². The van der Waals surface area contributed by atoms with Crippen molar-refractivity contribution in [2.24, 2.45) is 0 Å². The van der Waals surface area contributed by atoms with E-state index in [1.165, 1.54) is 12.3 Å². The Hall–Kier alpha value is -2.54. The zero-order chi connectivity index (χ0) is 11.5. The fourth-order valence-corrected chi connectivity index (χ4v) is 1.41. The first-order valence-electron chi connectivity index (χ1n) is 4.53. The number of furan rings is 1. The Morgan fingerprint density at radius 1 is 1.44 bits per heavy atom. The van der Waals surface area contributed by atoms with Crippen molar-refractivity contribution in [2.75, 3.05) is 0 Å². The van der Waals surface area contributed by atoms with Gasteiger partial charge in [-0.2, -0.15) is 5.26 Å². The molecule has 0 aliphatic heterocycles. The topological polar surface area (TPSA) is 74.2 Å². The van der Waals surface area contributed by atoms with Crippen LogP contribution in [0.1, 0.15) is 5.56 Å². The maximum Gasteiger partial charge on any atom is 0.346 e. The Morgan fingerprint density at radius 2 is 2.19 bits per heavy atom. The van der Waals surface area contributed by atoms with Crippen molar-refractivity contribution in [3.8, 4) is 6.07 Å². The zero-order valence-electron chi connectivity index (χ0n) is 8.18. The molecule has 0 atom stereocenters. The minimum absolute atomic E-state index is 0.313. The Bertz CT molecular complexity index is 616. The standard InChI is InChI=1S/C12H7NO3/c13-6-8(12(14)15)5-9-7-16-11-4-2-1-3-10(9)11/h1-5,7H,(H,14,15)/b8-5+. The predicted octanol–water partition coefficient (Wildman–Crippen LogP) is 2.42. The number of carbonyl (C=O) groups is 1. The number of nitriles is 1. The predicted molar refractivity (Wildman–Crippen MR) is 57.4 cm³/mol. The fraction of sp³-hybridized carbons (Fsp3) is 0. The van der Waals surface area contributed by atoms with E-state index < -0.39 is 5.97 Å². The van der Waals surface area contributed by atoms with Gasteiger partial charge in [0.2, 0.25) is 0 Å². The fourth-order valence-electron chi connectivity index (χ4n) is 1.41. The van der Waals surface area contributed by atoms with E-state index in [9.17, 15) is 4.79 Å². The van der Waals surface area contributed by atoms with Gasteiger partial charge >= 0.3 is 5.97 Å². The Labute approximate surface area is 91.0 Å². The van der Waals surface area contributed by atoms with Crippen LogP contribution in [0.5, 0.6) is 0 Å². The first-order chi connectivity index (χ1) is 7.72. The van der Waals surface area contributed by atoms with Gasteiger partial charge in [-0.3, -0.25) is 0 Å². The number of rotatable bonds is 2. The molecule has 0 unspecified atom stereocenters. The maximum atomic E-state index is 10.7. The first-order valence-corrected chi connectivity index (χ1v) is 4.53. The van der Waals surface area contributed by atoms with Crippen LogP contribution in [0.2, 0.25) is 0 Å². The molecule has 0 radical (unpaired) electrons. The summed E-state index contributed by atoms with van der Waals surface area (Å²) in [6, 6.07) is 8.85. The summed E-state index contributed by atoms with van der Waals surface area (Å²) in [6.45, 7) is 0. The molecule has 2 rings (SSSR count). The number of hydrogen-bond acceptors (Lipinski definition) is 3. The molecule has 0 aliphatic carbocycles. The second-order valence-corrected chi connectivity index (χ2v) is 3.16. The van der Waals surface area contributed by atoms with Gasteiger partial charge in [-0.25, -0.2) is 4.79 Å². The molecule has 1 aromatic carbocycles. The van der Waals surface area contributed by atoms with Crippen LogP contribution in [0, 0.1) is 11.3 Å². The third kappa shape index (κ3) is 1.66. The molecule has 4 heteroatoms. The van der Waals surface area contributed by atoms with Gasteiger partial charge in [-0.15, -0.1) is 0 Å². The average Bonchev–Trinajstić information content (AvgIpc) is 2.69. The second kappa shape index (κ2) is 3.91. The maximum absolute atomic E-state index is 10.7. The summed E-state index contributed by atoms with van der Waals surface area (Å²) in [5.41, 5.74) is 0.942. The molecule has 0 saturated carbocycles. The van der Waals surface area contributed by atoms with Crippen molar-refractivity contribution in [1.82, 2.24) is 0 Å². The van der Waals surface area contributed by atoms with Crippen LogP contribution in [0.3, 0.4) is 0 Å². The number of nitrogens with zero attached hydrogens (tertiary/aromatic N) is 1. The van der Waals surface area contributed by atoms with Crippen LogP contribution >= 0.6 is 0 Å². The number of carboxylic acids is 1. The van der Waals surface area contributed by atoms with Crippen molar-refractivity contribution < 1.29 is 14.3 Å². The van der Waals surface area contributed by atoms with E-state index in [1.807, 2.05) is 18.2 Å². The highest BCUT2D eigenvalue weighted by Gasteiger charge is 2.08. The van der Waals surface area contributed by atoms with Crippen molar-refractivity contribution in [3.63, 3.8) is 0 Å². The van der Waals surface area contributed by atoms with E-state index in [-0.39, 0.29) is 5.57 Å². The molecular weight excluding hydrogens is 206 g/mol. The van der Waals surface area contributed by atoms with Crippen LogP contribution in [-0.2, 0) is 4.79 Å². The zero-order valence-corrected chi connectivity index (χ0v) is 8.18. The number of fused-ring (bicyclic) bond motifs is 1. The lowest BCUT2D eigenvalue weighted by molar-refractivity contribution is -0.132. The monoisotopic (exact) mass is 213 g/mol. The SMILES string of the molecule is N#C/C(=C\c1coc2ccccc12)C(=O)O. The van der Waals surface area contributed by atoms with E-state index >= 15 is 0 Å². The quantitative estimate of drug-likeness (QED) is 0.614. The largest absolute Gasteiger partial charge is 0.477 e. The van der Waals surface area contributed by atoms with Gasteiger partial charge in [-0.1, -0.05) is 18.2 Å². The molecule has 0 spiro atoms. The van der Waals surface area contributed by atoms with E-state index in [0.29, 0.717) is 11.1 Å². The number of carboxylic acid groups (broad SMARTS) is 1. The van der Waals surface area contributed by atoms with Crippen LogP contribution in [-0.4, -0.2) is 11.1 Å². The highest BCUT2D eigenvalue weighted by atomic mass is 16.4. The summed E-state index contributed by atoms with van der Waals surface area (Å²) in [6.07, 6.45) is 2.74. The lowest BCUT2D eigenvalue weighted by Crippen LogP contribution is -1.96. The minimum atomic E-state index is -1.24. The van der Waals surface area contributed by atoms with Crippen molar-refractivity contribution >= 4 is 23.0 Å². The summed E-state index contributed by atoms with van der Waals surface area (Å²) in [5, 5.41) is 18.1. The van der Waals surface area contributed by atoms with Gasteiger partial charge in [0.1, 0.15) is 17.2 Å². The van der Waals surface area contributed by atoms with Crippen LogP contribution in [0.4, 0.5) is 0 Å². The third-order valence-corrected chi connectivity index (χ3v) is 2.16. The van der Waals surface area contributed by atoms with Gasteiger partial charge in [-0.05, 0) is 12.1 Å². The Kier molecular flexibility index (Phi) is 2.44. The molecule has 78 valence electrons. The molecule has 1 N–H and O–H groups in total. The van der Waals surface area contributed by atoms with Gasteiger partial charge in [0.25, 0.3) is 0 Å². The van der Waals surface area contributed by atoms with Crippen molar-refractivity contribution in [1.29, 1.82) is 5.26 Å². The van der Waals surface area contributed by atoms with Crippen LogP contribution in [0.15, 0.2) is 40.5 Å². The van der Waals surface area contributed by atoms with Crippen LogP contribution in [0.25, 0.3) is 17.0 Å². The smallest absolute Gasteiger partial charge is 0.346 e. The highest BCUT2D eigenvalue weighted by Crippen LogP contribution is 2.22. The summed E-state index contributed by atoms with van der Waals surface area (Å²) in [4.78, 5) is 10.7. The molecule has 0 saturated heterocycles. The summed E-state index contributed by atoms with van der Waals surface area (Å²) in [5.74, 6) is -1.24. The molecular formula is C12H7NO3. The second-order valence-electron chi connectivity index (χ2n) is 3.16. The van der Waals surface area contributed by atoms with Gasteiger partial charge < -0.3 is 9.52 Å². The molecule has 0 bridgehead atoms. The number of benzene rings is 1. The lowest BCUT2D eigenvalue weighted by atomic mass is 10.1. The van der Waals surface area contributed by atoms with Gasteiger partial charge in [0.15, 0.2) is 0 Å². The minimum Gasteiger partial charge on any atom is -0.477 e. The van der Waals surface area contributed by atoms with E-state index in [1.54, 1.807) is 12.1 Å². The van der Waals surface area contributed by atoms with Gasteiger partial charge in [0, 0.05) is 10.9 Å². The number of aliphatic carboxylic acids is 1. The molecule has 0 aliphatic rings. The van der Waals surface area contributed by atoms with E-state index in [2.05, 4.69) is 0 Å².